The first-order valence-electron chi connectivity index (χ1n) is 7.44. The van der Waals surface area contributed by atoms with Crippen molar-refractivity contribution >= 4 is 29.9 Å². The minimum atomic E-state index is 0. The Labute approximate surface area is 140 Å². The molecule has 0 amide bonds. The maximum Gasteiger partial charge on any atom is 0.192 e. The van der Waals surface area contributed by atoms with Crippen LogP contribution in [0, 0.1) is 12.3 Å². The number of guanidine groups is 1. The number of hydrogen-bond donors (Lipinski definition) is 2. The Morgan fingerprint density at radius 3 is 2.70 bits per heavy atom. The normalized spacial score (nSPS) is 16.1. The van der Waals surface area contributed by atoms with E-state index in [1.807, 2.05) is 6.92 Å². The molecule has 4 nitrogen and oxygen atoms in total. The largest absolute Gasteiger partial charge is 0.378 e. The molecule has 0 heterocycles. The van der Waals surface area contributed by atoms with Gasteiger partial charge in [0.2, 0.25) is 0 Å². The van der Waals surface area contributed by atoms with E-state index in [4.69, 9.17) is 11.2 Å². The zero-order valence-corrected chi connectivity index (χ0v) is 14.8. The van der Waals surface area contributed by atoms with Gasteiger partial charge in [0.25, 0.3) is 0 Å². The van der Waals surface area contributed by atoms with E-state index in [9.17, 15) is 0 Å². The SMILES string of the molecule is C#CCNC(=NCCCOC1CCCCC1)NCC.I. The molecule has 0 saturated heterocycles. The summed E-state index contributed by atoms with van der Waals surface area (Å²) in [5.74, 6) is 3.33. The number of ether oxygens (including phenoxy) is 1. The zero-order chi connectivity index (χ0) is 13.8. The highest BCUT2D eigenvalue weighted by Gasteiger charge is 2.12. The highest BCUT2D eigenvalue weighted by atomic mass is 127. The minimum absolute atomic E-state index is 0. The lowest BCUT2D eigenvalue weighted by Crippen LogP contribution is -2.37. The molecule has 1 fully saturated rings. The summed E-state index contributed by atoms with van der Waals surface area (Å²) in [4.78, 5) is 4.45. The fourth-order valence-corrected chi connectivity index (χ4v) is 2.21. The Morgan fingerprint density at radius 1 is 1.30 bits per heavy atom. The summed E-state index contributed by atoms with van der Waals surface area (Å²) in [6.07, 6.45) is 13.2. The van der Waals surface area contributed by atoms with E-state index in [-0.39, 0.29) is 24.0 Å². The van der Waals surface area contributed by atoms with Crippen molar-refractivity contribution < 1.29 is 4.74 Å². The standard InChI is InChI=1S/C15H27N3O.HI/c1-3-11-17-15(16-4-2)18-12-8-13-19-14-9-6-5-7-10-14;/h1,14H,4-13H2,2H3,(H2,16,17,18);1H. The smallest absolute Gasteiger partial charge is 0.192 e. The molecule has 0 aromatic carbocycles. The van der Waals surface area contributed by atoms with Crippen molar-refractivity contribution in [1.82, 2.24) is 10.6 Å². The summed E-state index contributed by atoms with van der Waals surface area (Å²) in [7, 11) is 0. The number of halogens is 1. The number of hydrogen-bond acceptors (Lipinski definition) is 2. The van der Waals surface area contributed by atoms with Gasteiger partial charge < -0.3 is 15.4 Å². The average Bonchev–Trinajstić information content (AvgIpc) is 2.45. The van der Waals surface area contributed by atoms with Crippen LogP contribution in [0.4, 0.5) is 0 Å². The Morgan fingerprint density at radius 2 is 2.05 bits per heavy atom. The van der Waals surface area contributed by atoms with E-state index in [2.05, 4.69) is 21.5 Å². The van der Waals surface area contributed by atoms with Crippen LogP contribution in [0.5, 0.6) is 0 Å². The van der Waals surface area contributed by atoms with Gasteiger partial charge in [-0.2, -0.15) is 0 Å². The van der Waals surface area contributed by atoms with E-state index < -0.39 is 0 Å². The zero-order valence-electron chi connectivity index (χ0n) is 12.5. The topological polar surface area (TPSA) is 45.7 Å². The van der Waals surface area contributed by atoms with Crippen LogP contribution < -0.4 is 10.6 Å². The number of nitrogens with one attached hydrogen (secondary N) is 2. The maximum atomic E-state index is 5.86. The summed E-state index contributed by atoms with van der Waals surface area (Å²) in [5.41, 5.74) is 0. The van der Waals surface area contributed by atoms with Crippen LogP contribution in [-0.2, 0) is 4.74 Å². The van der Waals surface area contributed by atoms with E-state index in [1.165, 1.54) is 32.1 Å². The van der Waals surface area contributed by atoms with Crippen molar-refractivity contribution in [2.24, 2.45) is 4.99 Å². The van der Waals surface area contributed by atoms with Gasteiger partial charge in [0, 0.05) is 19.7 Å². The van der Waals surface area contributed by atoms with Crippen LogP contribution in [0.3, 0.4) is 0 Å². The first-order valence-corrected chi connectivity index (χ1v) is 7.44. The summed E-state index contributed by atoms with van der Waals surface area (Å²) >= 11 is 0. The monoisotopic (exact) mass is 393 g/mol. The predicted octanol–water partition coefficient (Wildman–Crippen LogP) is 2.53. The number of aliphatic imine (C=N–C) groups is 1. The molecule has 0 atom stereocenters. The third kappa shape index (κ3) is 9.43. The molecule has 20 heavy (non-hydrogen) atoms. The molecule has 1 aliphatic carbocycles. The molecule has 0 radical (unpaired) electrons. The van der Waals surface area contributed by atoms with Gasteiger partial charge in [-0.05, 0) is 26.2 Å². The molecule has 116 valence electrons. The van der Waals surface area contributed by atoms with Crippen molar-refractivity contribution in [1.29, 1.82) is 0 Å². The summed E-state index contributed by atoms with van der Waals surface area (Å²) < 4.78 is 5.86. The molecule has 1 saturated carbocycles. The summed E-state index contributed by atoms with van der Waals surface area (Å²) in [6.45, 7) is 4.97. The van der Waals surface area contributed by atoms with E-state index in [1.54, 1.807) is 0 Å². The lowest BCUT2D eigenvalue weighted by Gasteiger charge is -2.21. The van der Waals surface area contributed by atoms with Crippen LogP contribution in [0.1, 0.15) is 45.4 Å². The summed E-state index contributed by atoms with van der Waals surface area (Å²) in [5, 5.41) is 6.23. The number of rotatable bonds is 7. The molecule has 1 aliphatic rings. The minimum Gasteiger partial charge on any atom is -0.378 e. The van der Waals surface area contributed by atoms with Gasteiger partial charge in [-0.25, -0.2) is 0 Å². The second kappa shape index (κ2) is 13.5. The molecule has 0 aliphatic heterocycles. The fourth-order valence-electron chi connectivity index (χ4n) is 2.21. The fraction of sp³-hybridized carbons (Fsp3) is 0.800. The van der Waals surface area contributed by atoms with Crippen LogP contribution in [0.2, 0.25) is 0 Å². The predicted molar refractivity (Wildman–Crippen MR) is 95.7 cm³/mol. The van der Waals surface area contributed by atoms with Gasteiger partial charge in [0.05, 0.1) is 12.6 Å². The number of terminal acetylenes is 1. The third-order valence-electron chi connectivity index (χ3n) is 3.18. The molecule has 1 rings (SSSR count). The van der Waals surface area contributed by atoms with Crippen LogP contribution in [0.15, 0.2) is 4.99 Å². The van der Waals surface area contributed by atoms with Gasteiger partial charge >= 0.3 is 0 Å². The molecular formula is C15H28IN3O. The van der Waals surface area contributed by atoms with E-state index >= 15 is 0 Å². The molecule has 0 unspecified atom stereocenters. The highest BCUT2D eigenvalue weighted by molar-refractivity contribution is 14.0. The molecule has 0 spiro atoms. The van der Waals surface area contributed by atoms with Crippen molar-refractivity contribution in [3.8, 4) is 12.3 Å². The van der Waals surface area contributed by atoms with Gasteiger partial charge in [0.15, 0.2) is 5.96 Å². The van der Waals surface area contributed by atoms with Crippen LogP contribution in [-0.4, -0.2) is 38.3 Å². The Hall–Kier alpha value is -0.480. The van der Waals surface area contributed by atoms with Gasteiger partial charge in [-0.15, -0.1) is 30.4 Å². The van der Waals surface area contributed by atoms with Crippen molar-refractivity contribution in [3.05, 3.63) is 0 Å². The highest BCUT2D eigenvalue weighted by Crippen LogP contribution is 2.20. The maximum absolute atomic E-state index is 5.86. The van der Waals surface area contributed by atoms with Gasteiger partial charge in [-0.3, -0.25) is 4.99 Å². The molecule has 2 N–H and O–H groups in total. The first kappa shape index (κ1) is 19.5. The van der Waals surface area contributed by atoms with Crippen molar-refractivity contribution in [3.63, 3.8) is 0 Å². The second-order valence-corrected chi connectivity index (χ2v) is 4.80. The van der Waals surface area contributed by atoms with Crippen molar-refractivity contribution in [2.45, 2.75) is 51.6 Å². The molecule has 0 aromatic heterocycles. The Bertz CT molecular complexity index is 296. The van der Waals surface area contributed by atoms with E-state index in [0.29, 0.717) is 12.6 Å². The molecular weight excluding hydrogens is 365 g/mol. The third-order valence-corrected chi connectivity index (χ3v) is 3.18. The average molecular weight is 393 g/mol. The number of nitrogens with zero attached hydrogens (tertiary/aromatic N) is 1. The van der Waals surface area contributed by atoms with Crippen LogP contribution in [0.25, 0.3) is 0 Å². The molecule has 0 bridgehead atoms. The Kier molecular flexibility index (Phi) is 13.2. The first-order chi connectivity index (χ1) is 9.36. The molecule has 5 heteroatoms. The van der Waals surface area contributed by atoms with Crippen LogP contribution >= 0.6 is 24.0 Å². The quantitative estimate of drug-likeness (QED) is 0.230. The molecule has 0 aromatic rings. The summed E-state index contributed by atoms with van der Waals surface area (Å²) in [6, 6.07) is 0. The second-order valence-electron chi connectivity index (χ2n) is 4.80. The lowest BCUT2D eigenvalue weighted by molar-refractivity contribution is 0.0281. The van der Waals surface area contributed by atoms with E-state index in [0.717, 1.165) is 32.1 Å². The van der Waals surface area contributed by atoms with Gasteiger partial charge in [0.1, 0.15) is 0 Å². The van der Waals surface area contributed by atoms with Crippen molar-refractivity contribution in [2.75, 3.05) is 26.2 Å². The Balaban J connectivity index is 0.00000361. The van der Waals surface area contributed by atoms with Gasteiger partial charge in [-0.1, -0.05) is 25.2 Å². The lowest BCUT2D eigenvalue weighted by atomic mass is 9.98.